The zero-order valence-electron chi connectivity index (χ0n) is 11.9. The molecule has 2 rings (SSSR count). The van der Waals surface area contributed by atoms with Crippen molar-refractivity contribution in [1.29, 1.82) is 0 Å². The molecule has 1 fully saturated rings. The Bertz CT molecular complexity index is 388. The first-order valence-corrected chi connectivity index (χ1v) is 7.07. The maximum atomic E-state index is 6.28. The van der Waals surface area contributed by atoms with E-state index in [1.807, 2.05) is 0 Å². The summed E-state index contributed by atoms with van der Waals surface area (Å²) in [6, 6.07) is 9.65. The minimum Gasteiger partial charge on any atom is -0.326 e. The summed E-state index contributed by atoms with van der Waals surface area (Å²) in [6.45, 7) is 5.50. The minimum absolute atomic E-state index is 0.344. The van der Waals surface area contributed by atoms with E-state index in [2.05, 4.69) is 50.1 Å². The Kier molecular flexibility index (Phi) is 4.41. The lowest BCUT2D eigenvalue weighted by atomic mass is 9.83. The van der Waals surface area contributed by atoms with Crippen LogP contribution >= 0.6 is 0 Å². The largest absolute Gasteiger partial charge is 0.326 e. The lowest BCUT2D eigenvalue weighted by Crippen LogP contribution is -2.49. The molecule has 18 heavy (non-hydrogen) atoms. The van der Waals surface area contributed by atoms with Crippen molar-refractivity contribution in [2.45, 2.75) is 51.7 Å². The number of hydrogen-bond acceptors (Lipinski definition) is 2. The van der Waals surface area contributed by atoms with Gasteiger partial charge in [0.15, 0.2) is 0 Å². The molecule has 0 amide bonds. The van der Waals surface area contributed by atoms with Crippen LogP contribution in [-0.4, -0.2) is 24.0 Å². The average molecular weight is 246 g/mol. The molecule has 0 aromatic heterocycles. The first-order valence-electron chi connectivity index (χ1n) is 7.07. The lowest BCUT2D eigenvalue weighted by Gasteiger charge is -2.38. The van der Waals surface area contributed by atoms with Crippen molar-refractivity contribution in [2.75, 3.05) is 7.05 Å². The second-order valence-electron chi connectivity index (χ2n) is 6.05. The van der Waals surface area contributed by atoms with Gasteiger partial charge in [-0.1, -0.05) is 36.8 Å². The highest BCUT2D eigenvalue weighted by molar-refractivity contribution is 5.22. The summed E-state index contributed by atoms with van der Waals surface area (Å²) in [6.07, 6.45) is 3.70. The third-order valence-electron chi connectivity index (χ3n) is 4.21. The molecule has 0 spiro atoms. The fourth-order valence-corrected chi connectivity index (χ4v) is 3.10. The van der Waals surface area contributed by atoms with E-state index >= 15 is 0 Å². The Labute approximate surface area is 111 Å². The zero-order valence-corrected chi connectivity index (χ0v) is 11.9. The Morgan fingerprint density at radius 1 is 1.33 bits per heavy atom. The molecule has 0 aliphatic heterocycles. The average Bonchev–Trinajstić information content (AvgIpc) is 2.32. The molecule has 1 aliphatic carbocycles. The van der Waals surface area contributed by atoms with E-state index in [4.69, 9.17) is 5.73 Å². The summed E-state index contributed by atoms with van der Waals surface area (Å²) >= 11 is 0. The van der Waals surface area contributed by atoms with Gasteiger partial charge in [0.1, 0.15) is 0 Å². The SMILES string of the molecule is Cc1cccc(CN(C)C2CC(C)CCC2N)c1. The van der Waals surface area contributed by atoms with Gasteiger partial charge in [0, 0.05) is 18.6 Å². The van der Waals surface area contributed by atoms with E-state index < -0.39 is 0 Å². The molecule has 1 saturated carbocycles. The van der Waals surface area contributed by atoms with Gasteiger partial charge in [-0.25, -0.2) is 0 Å². The topological polar surface area (TPSA) is 29.3 Å². The second kappa shape index (κ2) is 5.85. The van der Waals surface area contributed by atoms with Crippen LogP contribution in [0.15, 0.2) is 24.3 Å². The predicted molar refractivity (Wildman–Crippen MR) is 77.4 cm³/mol. The Balaban J connectivity index is 2.00. The molecule has 2 N–H and O–H groups in total. The van der Waals surface area contributed by atoms with Gasteiger partial charge in [-0.3, -0.25) is 4.90 Å². The molecule has 100 valence electrons. The van der Waals surface area contributed by atoms with Crippen molar-refractivity contribution in [3.8, 4) is 0 Å². The third kappa shape index (κ3) is 3.33. The van der Waals surface area contributed by atoms with Crippen molar-refractivity contribution in [3.05, 3.63) is 35.4 Å². The maximum Gasteiger partial charge on any atom is 0.0250 e. The zero-order chi connectivity index (χ0) is 13.1. The second-order valence-corrected chi connectivity index (χ2v) is 6.05. The standard InChI is InChI=1S/C16H26N2/c1-12-5-4-6-14(9-12)11-18(3)16-10-13(2)7-8-15(16)17/h4-6,9,13,15-16H,7-8,10-11,17H2,1-3H3. The summed E-state index contributed by atoms with van der Waals surface area (Å²) < 4.78 is 0. The number of rotatable bonds is 3. The van der Waals surface area contributed by atoms with Crippen molar-refractivity contribution in [2.24, 2.45) is 11.7 Å². The number of hydrogen-bond donors (Lipinski definition) is 1. The summed E-state index contributed by atoms with van der Waals surface area (Å²) in [5.41, 5.74) is 9.01. The molecular formula is C16H26N2. The van der Waals surface area contributed by atoms with Crippen LogP contribution in [0, 0.1) is 12.8 Å². The molecule has 0 bridgehead atoms. The minimum atomic E-state index is 0.344. The van der Waals surface area contributed by atoms with E-state index in [0.717, 1.165) is 12.5 Å². The summed E-state index contributed by atoms with van der Waals surface area (Å²) in [5.74, 6) is 0.815. The maximum absolute atomic E-state index is 6.28. The van der Waals surface area contributed by atoms with Gasteiger partial charge in [0.25, 0.3) is 0 Å². The van der Waals surface area contributed by atoms with Crippen LogP contribution in [0.25, 0.3) is 0 Å². The van der Waals surface area contributed by atoms with Gasteiger partial charge in [0.05, 0.1) is 0 Å². The van der Waals surface area contributed by atoms with E-state index in [9.17, 15) is 0 Å². The van der Waals surface area contributed by atoms with Crippen LogP contribution in [0.3, 0.4) is 0 Å². The highest BCUT2D eigenvalue weighted by atomic mass is 15.1. The van der Waals surface area contributed by atoms with Gasteiger partial charge in [0.2, 0.25) is 0 Å². The van der Waals surface area contributed by atoms with Crippen molar-refractivity contribution in [1.82, 2.24) is 4.90 Å². The van der Waals surface area contributed by atoms with E-state index in [-0.39, 0.29) is 0 Å². The van der Waals surface area contributed by atoms with E-state index in [1.165, 1.54) is 30.4 Å². The van der Waals surface area contributed by atoms with Crippen LogP contribution in [-0.2, 0) is 6.54 Å². The van der Waals surface area contributed by atoms with Crippen LogP contribution in [0.1, 0.15) is 37.3 Å². The van der Waals surface area contributed by atoms with Crippen LogP contribution in [0.2, 0.25) is 0 Å². The molecule has 1 aromatic carbocycles. The van der Waals surface area contributed by atoms with Crippen molar-refractivity contribution >= 4 is 0 Å². The van der Waals surface area contributed by atoms with Gasteiger partial charge in [-0.15, -0.1) is 0 Å². The van der Waals surface area contributed by atoms with Crippen molar-refractivity contribution < 1.29 is 0 Å². The predicted octanol–water partition coefficient (Wildman–Crippen LogP) is 2.94. The first-order chi connectivity index (χ1) is 8.56. The summed E-state index contributed by atoms with van der Waals surface area (Å²) in [5, 5.41) is 0. The monoisotopic (exact) mass is 246 g/mol. The molecule has 3 atom stereocenters. The molecule has 2 heteroatoms. The van der Waals surface area contributed by atoms with Crippen molar-refractivity contribution in [3.63, 3.8) is 0 Å². The summed E-state index contributed by atoms with van der Waals surface area (Å²) in [7, 11) is 2.21. The van der Waals surface area contributed by atoms with Crippen LogP contribution < -0.4 is 5.73 Å². The molecule has 1 aliphatic rings. The highest BCUT2D eigenvalue weighted by Gasteiger charge is 2.28. The number of nitrogens with zero attached hydrogens (tertiary/aromatic N) is 1. The molecule has 2 nitrogen and oxygen atoms in total. The molecule has 0 radical (unpaired) electrons. The number of likely N-dealkylation sites (N-methyl/N-ethyl adjacent to an activating group) is 1. The van der Waals surface area contributed by atoms with Crippen LogP contribution in [0.5, 0.6) is 0 Å². The van der Waals surface area contributed by atoms with Crippen LogP contribution in [0.4, 0.5) is 0 Å². The molecular weight excluding hydrogens is 220 g/mol. The quantitative estimate of drug-likeness (QED) is 0.888. The molecule has 3 unspecified atom stereocenters. The van der Waals surface area contributed by atoms with Gasteiger partial charge in [-0.05, 0) is 44.7 Å². The highest BCUT2D eigenvalue weighted by Crippen LogP contribution is 2.26. The third-order valence-corrected chi connectivity index (χ3v) is 4.21. The lowest BCUT2D eigenvalue weighted by molar-refractivity contribution is 0.136. The Morgan fingerprint density at radius 3 is 2.83 bits per heavy atom. The molecule has 1 aromatic rings. The Hall–Kier alpha value is -0.860. The fraction of sp³-hybridized carbons (Fsp3) is 0.625. The van der Waals surface area contributed by atoms with Gasteiger partial charge < -0.3 is 5.73 Å². The first kappa shape index (κ1) is 13.6. The Morgan fingerprint density at radius 2 is 2.11 bits per heavy atom. The molecule has 0 heterocycles. The van der Waals surface area contributed by atoms with E-state index in [0.29, 0.717) is 12.1 Å². The number of benzene rings is 1. The number of nitrogens with two attached hydrogens (primary N) is 1. The smallest absolute Gasteiger partial charge is 0.0250 e. The van der Waals surface area contributed by atoms with Gasteiger partial charge in [-0.2, -0.15) is 0 Å². The number of aryl methyl sites for hydroxylation is 1. The van der Waals surface area contributed by atoms with E-state index in [1.54, 1.807) is 0 Å². The van der Waals surface area contributed by atoms with Gasteiger partial charge >= 0.3 is 0 Å². The summed E-state index contributed by atoms with van der Waals surface area (Å²) in [4.78, 5) is 2.44. The normalized spacial score (nSPS) is 28.6. The fourth-order valence-electron chi connectivity index (χ4n) is 3.10. The molecule has 0 saturated heterocycles.